The van der Waals surface area contributed by atoms with Crippen molar-refractivity contribution in [3.8, 4) is 0 Å². The van der Waals surface area contributed by atoms with E-state index in [1.807, 2.05) is 0 Å². The first-order valence-corrected chi connectivity index (χ1v) is 5.82. The molecule has 0 spiro atoms. The fourth-order valence-electron chi connectivity index (χ4n) is 0.890. The highest BCUT2D eigenvalue weighted by molar-refractivity contribution is 7.86. The average molecular weight is 226 g/mol. The van der Waals surface area contributed by atoms with E-state index in [4.69, 9.17) is 5.11 Å². The zero-order chi connectivity index (χ0) is 11.2. The molecule has 0 rings (SSSR count). The number of aldehydes is 1. The third-order valence-corrected chi connectivity index (χ3v) is 2.06. The minimum absolute atomic E-state index is 0.116. The lowest BCUT2D eigenvalue weighted by molar-refractivity contribution is -0.167. The van der Waals surface area contributed by atoms with E-state index >= 15 is 0 Å². The topological polar surface area (TPSA) is 101 Å². The molecule has 7 heteroatoms. The molecule has 2 N–H and O–H groups in total. The van der Waals surface area contributed by atoms with Crippen LogP contribution in [0.4, 0.5) is 0 Å². The Balaban J connectivity index is 4.25. The van der Waals surface area contributed by atoms with Gasteiger partial charge in [0.2, 0.25) is 5.79 Å². The van der Waals surface area contributed by atoms with Crippen molar-refractivity contribution in [1.82, 2.24) is 0 Å². The standard InChI is InChI=1S/C7H14O6S/c1-14(11,12)13-7(10,6-9)4-2-3-5-8/h5,9-10H,2-4,6H2,1H3. The number of carbonyl (C=O) groups excluding carboxylic acids is 1. The second kappa shape index (κ2) is 5.40. The van der Waals surface area contributed by atoms with Crippen LogP contribution in [0.3, 0.4) is 0 Å². The van der Waals surface area contributed by atoms with Gasteiger partial charge in [0.05, 0.1) is 12.9 Å². The van der Waals surface area contributed by atoms with Crippen LogP contribution in [0.25, 0.3) is 0 Å². The van der Waals surface area contributed by atoms with Crippen LogP contribution in [0.2, 0.25) is 0 Å². The fourth-order valence-corrected chi connectivity index (χ4v) is 1.59. The van der Waals surface area contributed by atoms with Gasteiger partial charge in [-0.15, -0.1) is 0 Å². The van der Waals surface area contributed by atoms with Gasteiger partial charge in [-0.3, -0.25) is 0 Å². The van der Waals surface area contributed by atoms with Gasteiger partial charge >= 0.3 is 0 Å². The third kappa shape index (κ3) is 6.03. The fraction of sp³-hybridized carbons (Fsp3) is 0.857. The number of carbonyl (C=O) groups is 1. The predicted octanol–water partition coefficient (Wildman–Crippen LogP) is -0.987. The molecule has 0 fully saturated rings. The highest BCUT2D eigenvalue weighted by Crippen LogP contribution is 2.17. The third-order valence-electron chi connectivity index (χ3n) is 1.44. The molecule has 0 saturated heterocycles. The quantitative estimate of drug-likeness (QED) is 0.250. The molecule has 0 aromatic rings. The van der Waals surface area contributed by atoms with Crippen molar-refractivity contribution in [2.45, 2.75) is 25.0 Å². The summed E-state index contributed by atoms with van der Waals surface area (Å²) in [5.74, 6) is -2.11. The van der Waals surface area contributed by atoms with Gasteiger partial charge in [0.15, 0.2) is 0 Å². The van der Waals surface area contributed by atoms with Gasteiger partial charge in [-0.1, -0.05) is 0 Å². The summed E-state index contributed by atoms with van der Waals surface area (Å²) in [6, 6.07) is 0. The van der Waals surface area contributed by atoms with Gasteiger partial charge in [0, 0.05) is 12.8 Å². The molecule has 0 radical (unpaired) electrons. The van der Waals surface area contributed by atoms with E-state index < -0.39 is 22.5 Å². The number of hydrogen-bond donors (Lipinski definition) is 2. The van der Waals surface area contributed by atoms with E-state index in [1.54, 1.807) is 0 Å². The number of hydrogen-bond acceptors (Lipinski definition) is 6. The summed E-state index contributed by atoms with van der Waals surface area (Å²) >= 11 is 0. The van der Waals surface area contributed by atoms with E-state index in [-0.39, 0.29) is 19.3 Å². The SMILES string of the molecule is CS(=O)(=O)OC(O)(CO)CCCC=O. The van der Waals surface area contributed by atoms with Crippen molar-refractivity contribution in [2.24, 2.45) is 0 Å². The van der Waals surface area contributed by atoms with E-state index in [1.165, 1.54) is 0 Å². The maximum atomic E-state index is 10.7. The van der Waals surface area contributed by atoms with Crippen LogP contribution in [0.1, 0.15) is 19.3 Å². The highest BCUT2D eigenvalue weighted by Gasteiger charge is 2.30. The van der Waals surface area contributed by atoms with Crippen molar-refractivity contribution in [2.75, 3.05) is 12.9 Å². The number of unbranched alkanes of at least 4 members (excludes halogenated alkanes) is 1. The van der Waals surface area contributed by atoms with Crippen LogP contribution in [-0.4, -0.2) is 43.6 Å². The van der Waals surface area contributed by atoms with Crippen LogP contribution in [0.15, 0.2) is 0 Å². The smallest absolute Gasteiger partial charge is 0.267 e. The molecule has 0 aromatic carbocycles. The molecule has 0 aliphatic carbocycles. The Morgan fingerprint density at radius 3 is 2.43 bits per heavy atom. The van der Waals surface area contributed by atoms with E-state index in [0.29, 0.717) is 6.29 Å². The van der Waals surface area contributed by atoms with Crippen LogP contribution in [0.5, 0.6) is 0 Å². The second-order valence-corrected chi connectivity index (χ2v) is 4.53. The number of aliphatic hydroxyl groups is 2. The Hall–Kier alpha value is -0.500. The monoisotopic (exact) mass is 226 g/mol. The van der Waals surface area contributed by atoms with E-state index in [2.05, 4.69) is 4.18 Å². The van der Waals surface area contributed by atoms with Crippen molar-refractivity contribution >= 4 is 16.4 Å². The van der Waals surface area contributed by atoms with Crippen LogP contribution < -0.4 is 0 Å². The first-order chi connectivity index (χ1) is 6.33. The molecule has 1 unspecified atom stereocenters. The van der Waals surface area contributed by atoms with Crippen molar-refractivity contribution in [3.63, 3.8) is 0 Å². The molecule has 0 heterocycles. The average Bonchev–Trinajstić information content (AvgIpc) is 2.02. The first-order valence-electron chi connectivity index (χ1n) is 4.00. The molecule has 0 aliphatic heterocycles. The normalized spacial score (nSPS) is 16.2. The lowest BCUT2D eigenvalue weighted by Crippen LogP contribution is -2.38. The van der Waals surface area contributed by atoms with Crippen molar-refractivity contribution in [1.29, 1.82) is 0 Å². The Morgan fingerprint density at radius 1 is 1.50 bits per heavy atom. The second-order valence-electron chi connectivity index (χ2n) is 2.95. The molecule has 0 bridgehead atoms. The van der Waals surface area contributed by atoms with E-state index in [9.17, 15) is 18.3 Å². The zero-order valence-corrected chi connectivity index (χ0v) is 8.66. The molecule has 0 saturated carbocycles. The summed E-state index contributed by atoms with van der Waals surface area (Å²) in [6.45, 7) is -0.834. The summed E-state index contributed by atoms with van der Waals surface area (Å²) < 4.78 is 25.6. The molecule has 84 valence electrons. The molecule has 1 atom stereocenters. The minimum Gasteiger partial charge on any atom is -0.391 e. The summed E-state index contributed by atoms with van der Waals surface area (Å²) in [7, 11) is -3.83. The molecule has 0 aromatic heterocycles. The van der Waals surface area contributed by atoms with Crippen LogP contribution in [-0.2, 0) is 19.1 Å². The molecular weight excluding hydrogens is 212 g/mol. The maximum Gasteiger partial charge on any atom is 0.267 e. The van der Waals surface area contributed by atoms with Gasteiger partial charge in [-0.2, -0.15) is 8.42 Å². The van der Waals surface area contributed by atoms with Crippen LogP contribution >= 0.6 is 0 Å². The number of rotatable bonds is 7. The summed E-state index contributed by atoms with van der Waals surface area (Å²) in [6.07, 6.45) is 1.71. The summed E-state index contributed by atoms with van der Waals surface area (Å²) in [4.78, 5) is 9.96. The zero-order valence-electron chi connectivity index (χ0n) is 7.84. The Morgan fingerprint density at radius 2 is 2.07 bits per heavy atom. The van der Waals surface area contributed by atoms with Gasteiger partial charge in [-0.25, -0.2) is 4.18 Å². The molecule has 14 heavy (non-hydrogen) atoms. The first kappa shape index (κ1) is 13.5. The lowest BCUT2D eigenvalue weighted by atomic mass is 10.1. The van der Waals surface area contributed by atoms with Gasteiger partial charge < -0.3 is 15.0 Å². The Bertz CT molecular complexity index is 272. The minimum atomic E-state index is -3.83. The van der Waals surface area contributed by atoms with Gasteiger partial charge in [0.25, 0.3) is 10.1 Å². The summed E-state index contributed by atoms with van der Waals surface area (Å²) in [5, 5.41) is 18.1. The Kier molecular flexibility index (Phi) is 5.21. The molecule has 0 amide bonds. The largest absolute Gasteiger partial charge is 0.391 e. The van der Waals surface area contributed by atoms with Gasteiger partial charge in [-0.05, 0) is 6.42 Å². The highest BCUT2D eigenvalue weighted by atomic mass is 32.2. The predicted molar refractivity (Wildman–Crippen MR) is 47.9 cm³/mol. The molecule has 0 aliphatic rings. The van der Waals surface area contributed by atoms with Crippen molar-refractivity contribution in [3.05, 3.63) is 0 Å². The lowest BCUT2D eigenvalue weighted by Gasteiger charge is -2.23. The van der Waals surface area contributed by atoms with Gasteiger partial charge in [0.1, 0.15) is 6.29 Å². The van der Waals surface area contributed by atoms with Crippen LogP contribution in [0, 0.1) is 0 Å². The molecular formula is C7H14O6S. The van der Waals surface area contributed by atoms with E-state index in [0.717, 1.165) is 6.26 Å². The summed E-state index contributed by atoms with van der Waals surface area (Å²) in [5.41, 5.74) is 0. The molecule has 6 nitrogen and oxygen atoms in total. The van der Waals surface area contributed by atoms with Crippen molar-refractivity contribution < 1.29 is 27.6 Å². The maximum absolute atomic E-state index is 10.7. The Labute approximate surface area is 82.6 Å². The number of aliphatic hydroxyl groups excluding tert-OH is 1.